The summed E-state index contributed by atoms with van der Waals surface area (Å²) < 4.78 is 5.11. The van der Waals surface area contributed by atoms with E-state index in [2.05, 4.69) is 10.3 Å². The number of carboxylic acid groups (broad SMARTS) is 1. The minimum Gasteiger partial charge on any atom is -0.482 e. The number of nitrogens with two attached hydrogens (primary N) is 2. The van der Waals surface area contributed by atoms with Gasteiger partial charge in [0.2, 0.25) is 0 Å². The molecule has 0 aromatic heterocycles. The summed E-state index contributed by atoms with van der Waals surface area (Å²) in [7, 11) is 0. The van der Waals surface area contributed by atoms with Gasteiger partial charge in [-0.1, -0.05) is 6.07 Å². The zero-order valence-corrected chi connectivity index (χ0v) is 13.5. The van der Waals surface area contributed by atoms with Crippen LogP contribution >= 0.6 is 0 Å². The van der Waals surface area contributed by atoms with Gasteiger partial charge in [0.25, 0.3) is 5.91 Å². The highest BCUT2D eigenvalue weighted by atomic mass is 16.5. The average molecular weight is 342 g/mol. The lowest BCUT2D eigenvalue weighted by atomic mass is 10.1. The van der Waals surface area contributed by atoms with Crippen LogP contribution in [0.2, 0.25) is 0 Å². The number of carbonyl (C=O) groups is 2. The molecule has 8 heteroatoms. The van der Waals surface area contributed by atoms with Crippen LogP contribution < -0.4 is 21.5 Å². The summed E-state index contributed by atoms with van der Waals surface area (Å²) in [6.07, 6.45) is 0. The number of aliphatic carboxylic acids is 1. The number of rotatable bonds is 6. The third-order valence-electron chi connectivity index (χ3n) is 3.21. The Kier molecular flexibility index (Phi) is 5.57. The summed E-state index contributed by atoms with van der Waals surface area (Å²) in [4.78, 5) is 26.8. The van der Waals surface area contributed by atoms with Crippen molar-refractivity contribution in [2.24, 2.45) is 16.5 Å². The highest BCUT2D eigenvalue weighted by Gasteiger charge is 2.09. The Bertz CT molecular complexity index is 812. The molecule has 0 bridgehead atoms. The first kappa shape index (κ1) is 17.8. The van der Waals surface area contributed by atoms with Crippen LogP contribution in [0, 0.1) is 6.92 Å². The van der Waals surface area contributed by atoms with Gasteiger partial charge < -0.3 is 26.6 Å². The zero-order valence-electron chi connectivity index (χ0n) is 13.5. The number of anilines is 1. The second-order valence-corrected chi connectivity index (χ2v) is 5.20. The van der Waals surface area contributed by atoms with Crippen molar-refractivity contribution >= 4 is 29.2 Å². The van der Waals surface area contributed by atoms with Crippen LogP contribution in [-0.4, -0.2) is 29.5 Å². The molecule has 2 aromatic rings. The molecule has 130 valence electrons. The van der Waals surface area contributed by atoms with Crippen LogP contribution in [0.25, 0.3) is 0 Å². The monoisotopic (exact) mass is 342 g/mol. The molecule has 0 unspecified atom stereocenters. The number of ether oxygens (including phenoxy) is 1. The van der Waals surface area contributed by atoms with Crippen molar-refractivity contribution in [3.63, 3.8) is 0 Å². The maximum Gasteiger partial charge on any atom is 0.341 e. The number of guanidine groups is 1. The maximum atomic E-state index is 12.3. The highest BCUT2D eigenvalue weighted by molar-refractivity contribution is 6.05. The van der Waals surface area contributed by atoms with Crippen molar-refractivity contribution in [1.82, 2.24) is 0 Å². The number of hydrogen-bond donors (Lipinski definition) is 4. The van der Waals surface area contributed by atoms with Crippen molar-refractivity contribution in [2.45, 2.75) is 6.92 Å². The number of carboxylic acids is 1. The Morgan fingerprint density at radius 3 is 2.44 bits per heavy atom. The lowest BCUT2D eigenvalue weighted by molar-refractivity contribution is -0.139. The van der Waals surface area contributed by atoms with Gasteiger partial charge in [0.1, 0.15) is 5.75 Å². The van der Waals surface area contributed by atoms with Gasteiger partial charge in [-0.05, 0) is 42.8 Å². The van der Waals surface area contributed by atoms with Gasteiger partial charge in [0.15, 0.2) is 12.6 Å². The van der Waals surface area contributed by atoms with Gasteiger partial charge in [-0.15, -0.1) is 0 Å². The van der Waals surface area contributed by atoms with Crippen molar-refractivity contribution in [1.29, 1.82) is 0 Å². The van der Waals surface area contributed by atoms with Crippen LogP contribution in [0.15, 0.2) is 47.5 Å². The van der Waals surface area contributed by atoms with Gasteiger partial charge in [0, 0.05) is 17.3 Å². The summed E-state index contributed by atoms with van der Waals surface area (Å²) in [5.41, 5.74) is 12.9. The van der Waals surface area contributed by atoms with Gasteiger partial charge in [-0.3, -0.25) is 4.79 Å². The van der Waals surface area contributed by atoms with Crippen LogP contribution in [0.4, 0.5) is 11.4 Å². The first-order valence-corrected chi connectivity index (χ1v) is 7.31. The predicted molar refractivity (Wildman–Crippen MR) is 94.2 cm³/mol. The average Bonchev–Trinajstić information content (AvgIpc) is 2.55. The number of nitrogens with one attached hydrogen (secondary N) is 1. The van der Waals surface area contributed by atoms with E-state index in [-0.39, 0.29) is 11.9 Å². The molecule has 0 saturated carbocycles. The molecule has 6 N–H and O–H groups in total. The topological polar surface area (TPSA) is 140 Å². The van der Waals surface area contributed by atoms with E-state index in [0.717, 1.165) is 5.56 Å². The Morgan fingerprint density at radius 1 is 1.16 bits per heavy atom. The van der Waals surface area contributed by atoms with E-state index in [4.69, 9.17) is 21.3 Å². The third-order valence-corrected chi connectivity index (χ3v) is 3.21. The van der Waals surface area contributed by atoms with Gasteiger partial charge in [0.05, 0.1) is 5.69 Å². The van der Waals surface area contributed by atoms with E-state index in [9.17, 15) is 9.59 Å². The maximum absolute atomic E-state index is 12.3. The molecular weight excluding hydrogens is 324 g/mol. The van der Waals surface area contributed by atoms with Gasteiger partial charge in [-0.25, -0.2) is 9.79 Å². The van der Waals surface area contributed by atoms with Gasteiger partial charge in [-0.2, -0.15) is 0 Å². The molecule has 0 aliphatic rings. The number of hydrogen-bond acceptors (Lipinski definition) is 4. The van der Waals surface area contributed by atoms with Crippen LogP contribution in [0.5, 0.6) is 5.75 Å². The van der Waals surface area contributed by atoms with Crippen molar-refractivity contribution < 1.29 is 19.4 Å². The minimum absolute atomic E-state index is 0.0639. The minimum atomic E-state index is -1.08. The Balaban J connectivity index is 2.12. The molecule has 25 heavy (non-hydrogen) atoms. The first-order chi connectivity index (χ1) is 11.8. The van der Waals surface area contributed by atoms with Crippen molar-refractivity contribution in [3.05, 3.63) is 53.6 Å². The lowest BCUT2D eigenvalue weighted by Crippen LogP contribution is -2.21. The molecule has 0 aliphatic heterocycles. The fourth-order valence-electron chi connectivity index (χ4n) is 2.00. The molecule has 0 aliphatic carbocycles. The summed E-state index contributed by atoms with van der Waals surface area (Å²) in [6, 6.07) is 11.4. The molecule has 8 nitrogen and oxygen atoms in total. The van der Waals surface area contributed by atoms with E-state index >= 15 is 0 Å². The molecule has 0 spiro atoms. The number of amides is 1. The Hall–Kier alpha value is -3.55. The first-order valence-electron chi connectivity index (χ1n) is 7.31. The zero-order chi connectivity index (χ0) is 18.4. The van der Waals surface area contributed by atoms with Crippen LogP contribution in [0.3, 0.4) is 0 Å². The molecule has 0 fully saturated rings. The Morgan fingerprint density at radius 2 is 1.84 bits per heavy atom. The van der Waals surface area contributed by atoms with Crippen LogP contribution in [-0.2, 0) is 4.79 Å². The van der Waals surface area contributed by atoms with Crippen molar-refractivity contribution in [2.75, 3.05) is 11.9 Å². The summed E-state index contributed by atoms with van der Waals surface area (Å²) in [5, 5.41) is 11.4. The lowest BCUT2D eigenvalue weighted by Gasteiger charge is -2.11. The van der Waals surface area contributed by atoms with Crippen molar-refractivity contribution in [3.8, 4) is 5.75 Å². The smallest absolute Gasteiger partial charge is 0.341 e. The summed E-state index contributed by atoms with van der Waals surface area (Å²) in [5.74, 6) is -1.11. The normalized spacial score (nSPS) is 9.96. The number of carbonyl (C=O) groups excluding carboxylic acids is 1. The van der Waals surface area contributed by atoms with Crippen LogP contribution in [0.1, 0.15) is 15.9 Å². The standard InChI is InChI=1S/C17H18N4O4/c1-10-2-7-13(25-9-15(22)23)8-14(10)21-16(24)11-3-5-12(6-4-11)20-17(18)19/h2-8H,9H2,1H3,(H,21,24)(H,22,23)(H4,18,19,20). The summed E-state index contributed by atoms with van der Waals surface area (Å²) in [6.45, 7) is 1.36. The van der Waals surface area contributed by atoms with Gasteiger partial charge >= 0.3 is 5.97 Å². The highest BCUT2D eigenvalue weighted by Crippen LogP contribution is 2.23. The molecule has 2 aromatic carbocycles. The molecule has 1 amide bonds. The summed E-state index contributed by atoms with van der Waals surface area (Å²) >= 11 is 0. The number of aryl methyl sites for hydroxylation is 1. The molecule has 2 rings (SSSR count). The van der Waals surface area contributed by atoms with E-state index < -0.39 is 12.6 Å². The molecule has 0 heterocycles. The van der Waals surface area contributed by atoms with E-state index in [1.165, 1.54) is 0 Å². The largest absolute Gasteiger partial charge is 0.482 e. The predicted octanol–water partition coefficient (Wildman–Crippen LogP) is 1.62. The number of benzene rings is 2. The molecule has 0 radical (unpaired) electrons. The molecule has 0 atom stereocenters. The number of aliphatic imine (C=N–C) groups is 1. The second kappa shape index (κ2) is 7.82. The quantitative estimate of drug-likeness (QED) is 0.464. The second-order valence-electron chi connectivity index (χ2n) is 5.20. The van der Waals surface area contributed by atoms with E-state index in [0.29, 0.717) is 22.7 Å². The van der Waals surface area contributed by atoms with E-state index in [1.807, 2.05) is 6.92 Å². The Labute approximate surface area is 144 Å². The fourth-order valence-corrected chi connectivity index (χ4v) is 2.00. The third kappa shape index (κ3) is 5.24. The van der Waals surface area contributed by atoms with E-state index in [1.54, 1.807) is 42.5 Å². The fraction of sp³-hybridized carbons (Fsp3) is 0.118. The molecular formula is C17H18N4O4. The molecule has 0 saturated heterocycles. The SMILES string of the molecule is Cc1ccc(OCC(=O)O)cc1NC(=O)c1ccc(N=C(N)N)cc1. The number of nitrogens with zero attached hydrogens (tertiary/aromatic N) is 1.